The smallest absolute Gasteiger partial charge is 0.246 e. The molecule has 0 bridgehead atoms. The van der Waals surface area contributed by atoms with Gasteiger partial charge in [-0.25, -0.2) is 0 Å². The van der Waals surface area contributed by atoms with Gasteiger partial charge in [0, 0.05) is 6.54 Å². The SMILES string of the molecule is CCCCCNC(=O)C(CCc1ccccc1)N1CC(=O)N[C@@H](CC(C)C)C1=O. The average molecular weight is 402 g/mol. The summed E-state index contributed by atoms with van der Waals surface area (Å²) in [6.45, 7) is 6.69. The van der Waals surface area contributed by atoms with Crippen molar-refractivity contribution in [3.05, 3.63) is 35.9 Å². The zero-order valence-corrected chi connectivity index (χ0v) is 17.9. The standard InChI is InChI=1S/C23H35N3O3/c1-4-5-9-14-24-22(28)20(13-12-18-10-7-6-8-11-18)26-16-21(27)25-19(23(26)29)15-17(2)3/h6-8,10-11,17,19-20H,4-5,9,12-16H2,1-3H3,(H,24,28)(H,25,27)/t19-,20?/m0/s1. The lowest BCUT2D eigenvalue weighted by atomic mass is 9.97. The van der Waals surface area contributed by atoms with E-state index in [-0.39, 0.29) is 30.2 Å². The van der Waals surface area contributed by atoms with Crippen molar-refractivity contribution in [1.82, 2.24) is 15.5 Å². The van der Waals surface area contributed by atoms with E-state index in [9.17, 15) is 14.4 Å². The number of benzene rings is 1. The quantitative estimate of drug-likeness (QED) is 0.560. The van der Waals surface area contributed by atoms with Crippen molar-refractivity contribution in [1.29, 1.82) is 0 Å². The summed E-state index contributed by atoms with van der Waals surface area (Å²) in [4.78, 5) is 39.8. The lowest BCUT2D eigenvalue weighted by Crippen LogP contribution is -2.63. The summed E-state index contributed by atoms with van der Waals surface area (Å²) in [5.74, 6) is -0.239. The van der Waals surface area contributed by atoms with Gasteiger partial charge < -0.3 is 15.5 Å². The van der Waals surface area contributed by atoms with Crippen LogP contribution in [-0.4, -0.2) is 47.8 Å². The number of hydrogen-bond donors (Lipinski definition) is 2. The summed E-state index contributed by atoms with van der Waals surface area (Å²) >= 11 is 0. The Morgan fingerprint density at radius 3 is 2.59 bits per heavy atom. The molecule has 0 aliphatic carbocycles. The van der Waals surface area contributed by atoms with E-state index in [4.69, 9.17) is 0 Å². The van der Waals surface area contributed by atoms with Crippen LogP contribution in [0.3, 0.4) is 0 Å². The van der Waals surface area contributed by atoms with Crippen LogP contribution in [0.25, 0.3) is 0 Å². The number of nitrogens with zero attached hydrogens (tertiary/aromatic N) is 1. The Balaban J connectivity index is 2.13. The third-order valence-corrected chi connectivity index (χ3v) is 5.25. The molecule has 6 nitrogen and oxygen atoms in total. The molecule has 160 valence electrons. The van der Waals surface area contributed by atoms with Crippen molar-refractivity contribution in [3.8, 4) is 0 Å². The topological polar surface area (TPSA) is 78.5 Å². The normalized spacial score (nSPS) is 17.9. The molecule has 0 aromatic heterocycles. The fourth-order valence-corrected chi connectivity index (χ4v) is 3.71. The van der Waals surface area contributed by atoms with Crippen LogP contribution >= 0.6 is 0 Å². The van der Waals surface area contributed by atoms with E-state index in [0.29, 0.717) is 25.8 Å². The number of aryl methyl sites for hydroxylation is 1. The molecule has 1 aliphatic rings. The van der Waals surface area contributed by atoms with Crippen LogP contribution in [0.4, 0.5) is 0 Å². The summed E-state index contributed by atoms with van der Waals surface area (Å²) in [6, 6.07) is 8.73. The zero-order chi connectivity index (χ0) is 21.2. The third-order valence-electron chi connectivity index (χ3n) is 5.25. The number of piperazine rings is 1. The molecule has 2 atom stereocenters. The summed E-state index contributed by atoms with van der Waals surface area (Å²) in [5, 5.41) is 5.77. The molecule has 3 amide bonds. The van der Waals surface area contributed by atoms with E-state index in [1.807, 2.05) is 44.2 Å². The monoisotopic (exact) mass is 401 g/mol. The van der Waals surface area contributed by atoms with Crippen LogP contribution in [0.2, 0.25) is 0 Å². The minimum absolute atomic E-state index is 0.0603. The Kier molecular flexibility index (Phi) is 9.16. The number of carbonyl (C=O) groups excluding carboxylic acids is 3. The summed E-state index contributed by atoms with van der Waals surface area (Å²) in [5.41, 5.74) is 1.11. The Bertz CT molecular complexity index is 675. The Labute approximate surface area is 174 Å². The molecule has 1 aromatic carbocycles. The van der Waals surface area contributed by atoms with Crippen LogP contribution in [0.5, 0.6) is 0 Å². The summed E-state index contributed by atoms with van der Waals surface area (Å²) in [6.07, 6.45) is 4.79. The second kappa shape index (κ2) is 11.6. The van der Waals surface area contributed by atoms with Crippen molar-refractivity contribution < 1.29 is 14.4 Å². The first kappa shape index (κ1) is 22.9. The predicted molar refractivity (Wildman–Crippen MR) is 114 cm³/mol. The maximum Gasteiger partial charge on any atom is 0.246 e. The molecule has 2 N–H and O–H groups in total. The van der Waals surface area contributed by atoms with Crippen LogP contribution in [-0.2, 0) is 20.8 Å². The Morgan fingerprint density at radius 1 is 1.21 bits per heavy atom. The molecule has 1 saturated heterocycles. The van der Waals surface area contributed by atoms with E-state index in [1.165, 1.54) is 4.90 Å². The zero-order valence-electron chi connectivity index (χ0n) is 17.9. The maximum absolute atomic E-state index is 13.1. The van der Waals surface area contributed by atoms with Crippen molar-refractivity contribution >= 4 is 17.7 Å². The first-order valence-corrected chi connectivity index (χ1v) is 10.8. The van der Waals surface area contributed by atoms with Gasteiger partial charge in [0.2, 0.25) is 17.7 Å². The lowest BCUT2D eigenvalue weighted by molar-refractivity contribution is -0.150. The highest BCUT2D eigenvalue weighted by molar-refractivity contribution is 5.98. The highest BCUT2D eigenvalue weighted by Crippen LogP contribution is 2.18. The van der Waals surface area contributed by atoms with E-state index in [1.54, 1.807) is 0 Å². The summed E-state index contributed by atoms with van der Waals surface area (Å²) in [7, 11) is 0. The lowest BCUT2D eigenvalue weighted by Gasteiger charge is -2.37. The van der Waals surface area contributed by atoms with Crippen LogP contribution in [0.1, 0.15) is 58.4 Å². The molecule has 1 aromatic rings. The largest absolute Gasteiger partial charge is 0.354 e. The van der Waals surface area contributed by atoms with Gasteiger partial charge in [-0.2, -0.15) is 0 Å². The van der Waals surface area contributed by atoms with Crippen molar-refractivity contribution in [2.24, 2.45) is 5.92 Å². The maximum atomic E-state index is 13.1. The molecule has 1 aliphatic heterocycles. The molecule has 2 rings (SSSR count). The molecule has 6 heteroatoms. The molecule has 29 heavy (non-hydrogen) atoms. The third kappa shape index (κ3) is 7.18. The molecule has 0 spiro atoms. The molecular weight excluding hydrogens is 366 g/mol. The van der Waals surface area contributed by atoms with Crippen molar-refractivity contribution in [3.63, 3.8) is 0 Å². The highest BCUT2D eigenvalue weighted by Gasteiger charge is 2.39. The molecule has 1 fully saturated rings. The first-order valence-electron chi connectivity index (χ1n) is 10.8. The number of nitrogens with one attached hydrogen (secondary N) is 2. The molecule has 1 heterocycles. The molecule has 1 unspecified atom stereocenters. The molecular formula is C23H35N3O3. The van der Waals surface area contributed by atoms with Gasteiger partial charge in [-0.05, 0) is 37.2 Å². The van der Waals surface area contributed by atoms with E-state index >= 15 is 0 Å². The molecule has 0 saturated carbocycles. The molecule has 0 radical (unpaired) electrons. The second-order valence-electron chi connectivity index (χ2n) is 8.25. The Morgan fingerprint density at radius 2 is 1.93 bits per heavy atom. The predicted octanol–water partition coefficient (Wildman–Crippen LogP) is 2.67. The number of rotatable bonds is 11. The van der Waals surface area contributed by atoms with Gasteiger partial charge in [0.15, 0.2) is 0 Å². The van der Waals surface area contributed by atoms with Crippen molar-refractivity contribution in [2.75, 3.05) is 13.1 Å². The van der Waals surface area contributed by atoms with Gasteiger partial charge in [0.1, 0.15) is 18.6 Å². The van der Waals surface area contributed by atoms with Gasteiger partial charge in [-0.3, -0.25) is 14.4 Å². The number of amides is 3. The number of unbranched alkanes of at least 4 members (excludes halogenated alkanes) is 2. The van der Waals surface area contributed by atoms with E-state index in [0.717, 1.165) is 24.8 Å². The average Bonchev–Trinajstić information content (AvgIpc) is 2.69. The van der Waals surface area contributed by atoms with Crippen LogP contribution in [0.15, 0.2) is 30.3 Å². The first-order chi connectivity index (χ1) is 13.9. The fraction of sp³-hybridized carbons (Fsp3) is 0.609. The highest BCUT2D eigenvalue weighted by atomic mass is 16.2. The van der Waals surface area contributed by atoms with E-state index in [2.05, 4.69) is 17.6 Å². The minimum Gasteiger partial charge on any atom is -0.354 e. The minimum atomic E-state index is -0.634. The fourth-order valence-electron chi connectivity index (χ4n) is 3.71. The number of hydrogen-bond acceptors (Lipinski definition) is 3. The van der Waals surface area contributed by atoms with Gasteiger partial charge >= 0.3 is 0 Å². The van der Waals surface area contributed by atoms with Crippen LogP contribution < -0.4 is 10.6 Å². The second-order valence-corrected chi connectivity index (χ2v) is 8.25. The van der Waals surface area contributed by atoms with Gasteiger partial charge in [0.05, 0.1) is 0 Å². The number of carbonyl (C=O) groups is 3. The Hall–Kier alpha value is -2.37. The van der Waals surface area contributed by atoms with E-state index < -0.39 is 12.1 Å². The van der Waals surface area contributed by atoms with Crippen molar-refractivity contribution in [2.45, 2.75) is 71.4 Å². The van der Waals surface area contributed by atoms with Gasteiger partial charge in [-0.1, -0.05) is 63.9 Å². The summed E-state index contributed by atoms with van der Waals surface area (Å²) < 4.78 is 0. The van der Waals surface area contributed by atoms with Gasteiger partial charge in [-0.15, -0.1) is 0 Å². The van der Waals surface area contributed by atoms with Crippen LogP contribution in [0, 0.1) is 5.92 Å². The van der Waals surface area contributed by atoms with Gasteiger partial charge in [0.25, 0.3) is 0 Å².